The van der Waals surface area contributed by atoms with Crippen LogP contribution in [0.2, 0.25) is 10.0 Å². The summed E-state index contributed by atoms with van der Waals surface area (Å²) in [4.78, 5) is 36.6. The SMILES string of the molecule is CC1(C(=O)O)CC(C(=O)O)=NN1c1ccc(Cl)cc1Cl.CCN(C(=O)SCc1ccccc1)C(C)C(C)C. The highest BCUT2D eigenvalue weighted by Gasteiger charge is 2.48. The molecule has 0 spiro atoms. The number of benzene rings is 2. The van der Waals surface area contributed by atoms with Crippen LogP contribution in [0.15, 0.2) is 53.6 Å². The van der Waals surface area contributed by atoms with Crippen LogP contribution in [-0.4, -0.2) is 56.1 Å². The molecule has 0 aromatic heterocycles. The van der Waals surface area contributed by atoms with E-state index in [9.17, 15) is 19.5 Å². The van der Waals surface area contributed by atoms with E-state index in [-0.39, 0.29) is 28.1 Å². The minimum Gasteiger partial charge on any atom is -0.479 e. The number of anilines is 1. The van der Waals surface area contributed by atoms with Crippen LogP contribution in [-0.2, 0) is 15.3 Å². The molecule has 2 atom stereocenters. The molecule has 2 unspecified atom stereocenters. The zero-order valence-electron chi connectivity index (χ0n) is 22.0. The maximum atomic E-state index is 12.2. The number of hydrogen-bond acceptors (Lipinski definition) is 6. The molecular formula is C27H33Cl2N3O5S. The van der Waals surface area contributed by atoms with Gasteiger partial charge in [0, 0.05) is 29.8 Å². The van der Waals surface area contributed by atoms with Gasteiger partial charge in [-0.15, -0.1) is 0 Å². The van der Waals surface area contributed by atoms with Crippen molar-refractivity contribution < 1.29 is 24.6 Å². The summed E-state index contributed by atoms with van der Waals surface area (Å²) in [6.07, 6.45) is -0.226. The third-order valence-corrected chi connectivity index (χ3v) is 7.78. The van der Waals surface area contributed by atoms with Gasteiger partial charge in [-0.3, -0.25) is 4.79 Å². The number of carboxylic acids is 2. The average Bonchev–Trinajstić information content (AvgIpc) is 3.23. The first kappa shape index (κ1) is 31.5. The number of hydrogen-bond donors (Lipinski definition) is 2. The number of carboxylic acid groups (broad SMARTS) is 2. The van der Waals surface area contributed by atoms with E-state index in [1.54, 1.807) is 0 Å². The van der Waals surface area contributed by atoms with E-state index in [2.05, 4.69) is 38.0 Å². The number of hydrazone groups is 1. The van der Waals surface area contributed by atoms with Gasteiger partial charge >= 0.3 is 11.9 Å². The molecule has 2 aromatic rings. The molecule has 0 saturated heterocycles. The van der Waals surface area contributed by atoms with Crippen molar-refractivity contribution in [3.8, 4) is 0 Å². The molecule has 0 fully saturated rings. The number of nitrogens with zero attached hydrogens (tertiary/aromatic N) is 3. The molecule has 2 aromatic carbocycles. The Labute approximate surface area is 237 Å². The molecule has 3 rings (SSSR count). The quantitative estimate of drug-likeness (QED) is 0.349. The summed E-state index contributed by atoms with van der Waals surface area (Å²) in [5.41, 5.74) is -0.257. The number of thioether (sulfide) groups is 1. The minimum absolute atomic E-state index is 0.183. The van der Waals surface area contributed by atoms with E-state index in [0.29, 0.717) is 17.0 Å². The Hall–Kier alpha value is -2.75. The van der Waals surface area contributed by atoms with Gasteiger partial charge in [-0.25, -0.2) is 14.6 Å². The Morgan fingerprint density at radius 2 is 1.74 bits per heavy atom. The maximum Gasteiger partial charge on any atom is 0.352 e. The lowest BCUT2D eigenvalue weighted by molar-refractivity contribution is -0.142. The molecule has 0 saturated carbocycles. The molecular weight excluding hydrogens is 549 g/mol. The van der Waals surface area contributed by atoms with Crippen LogP contribution in [0.3, 0.4) is 0 Å². The maximum absolute atomic E-state index is 12.2. The second-order valence-electron chi connectivity index (χ2n) is 9.33. The molecule has 1 aliphatic heterocycles. The van der Waals surface area contributed by atoms with Gasteiger partial charge in [0.2, 0.25) is 0 Å². The Morgan fingerprint density at radius 3 is 2.24 bits per heavy atom. The van der Waals surface area contributed by atoms with Crippen LogP contribution >= 0.6 is 35.0 Å². The summed E-state index contributed by atoms with van der Waals surface area (Å²) >= 11 is 13.2. The zero-order valence-corrected chi connectivity index (χ0v) is 24.3. The van der Waals surface area contributed by atoms with Crippen molar-refractivity contribution in [1.82, 2.24) is 4.90 Å². The monoisotopic (exact) mass is 581 g/mol. The van der Waals surface area contributed by atoms with E-state index >= 15 is 0 Å². The number of carbonyl (C=O) groups is 3. The van der Waals surface area contributed by atoms with Gasteiger partial charge in [0.05, 0.1) is 10.7 Å². The van der Waals surface area contributed by atoms with Crippen molar-refractivity contribution in [2.24, 2.45) is 11.0 Å². The topological polar surface area (TPSA) is 111 Å². The fourth-order valence-corrected chi connectivity index (χ4v) is 5.10. The zero-order chi connectivity index (χ0) is 28.6. The Kier molecular flexibility index (Phi) is 11.5. The second kappa shape index (κ2) is 13.9. The number of rotatable bonds is 8. The van der Waals surface area contributed by atoms with Crippen molar-refractivity contribution in [2.75, 3.05) is 11.6 Å². The van der Waals surface area contributed by atoms with Gasteiger partial charge in [-0.2, -0.15) is 5.10 Å². The summed E-state index contributed by atoms with van der Waals surface area (Å²) in [6.45, 7) is 10.6. The molecule has 11 heteroatoms. The van der Waals surface area contributed by atoms with Crippen LogP contribution in [0.5, 0.6) is 0 Å². The van der Waals surface area contributed by atoms with Gasteiger partial charge < -0.3 is 15.1 Å². The molecule has 2 N–H and O–H groups in total. The highest BCUT2D eigenvalue weighted by atomic mass is 35.5. The average molecular weight is 583 g/mol. The highest BCUT2D eigenvalue weighted by molar-refractivity contribution is 8.12. The van der Waals surface area contributed by atoms with Crippen molar-refractivity contribution >= 4 is 63.5 Å². The Bertz CT molecular complexity index is 1180. The predicted molar refractivity (Wildman–Crippen MR) is 154 cm³/mol. The van der Waals surface area contributed by atoms with Gasteiger partial charge in [-0.1, -0.05) is 79.1 Å². The first-order valence-corrected chi connectivity index (χ1v) is 13.8. The number of carbonyl (C=O) groups excluding carboxylic acids is 1. The van der Waals surface area contributed by atoms with Gasteiger partial charge in [0.25, 0.3) is 5.24 Å². The van der Waals surface area contributed by atoms with Crippen molar-refractivity contribution in [3.63, 3.8) is 0 Å². The molecule has 0 aliphatic carbocycles. The predicted octanol–water partition coefficient (Wildman–Crippen LogP) is 6.89. The molecule has 206 valence electrons. The minimum atomic E-state index is -1.51. The van der Waals surface area contributed by atoms with E-state index < -0.39 is 17.5 Å². The number of amides is 1. The van der Waals surface area contributed by atoms with Crippen LogP contribution in [0.25, 0.3) is 0 Å². The fraction of sp³-hybridized carbons (Fsp3) is 0.407. The first-order valence-electron chi connectivity index (χ1n) is 12.1. The van der Waals surface area contributed by atoms with E-state index in [4.69, 9.17) is 28.3 Å². The fourth-order valence-electron chi connectivity index (χ4n) is 3.67. The van der Waals surface area contributed by atoms with Crippen molar-refractivity contribution in [1.29, 1.82) is 0 Å². The van der Waals surface area contributed by atoms with E-state index in [0.717, 1.165) is 17.3 Å². The Balaban J connectivity index is 0.000000269. The lowest BCUT2D eigenvalue weighted by Crippen LogP contribution is -2.47. The lowest BCUT2D eigenvalue weighted by Gasteiger charge is -2.30. The summed E-state index contributed by atoms with van der Waals surface area (Å²) in [6, 6.07) is 14.9. The third kappa shape index (κ3) is 7.88. The molecule has 38 heavy (non-hydrogen) atoms. The van der Waals surface area contributed by atoms with E-state index in [1.165, 1.54) is 42.4 Å². The molecule has 1 aliphatic rings. The molecule has 1 heterocycles. The van der Waals surface area contributed by atoms with Crippen LogP contribution in [0, 0.1) is 5.92 Å². The summed E-state index contributed by atoms with van der Waals surface area (Å²) in [5, 5.41) is 24.1. The number of halogens is 2. The van der Waals surface area contributed by atoms with Crippen LogP contribution in [0.1, 0.15) is 46.6 Å². The number of aliphatic carboxylic acids is 2. The second-order valence-corrected chi connectivity index (χ2v) is 11.1. The highest BCUT2D eigenvalue weighted by Crippen LogP contribution is 2.38. The molecule has 0 bridgehead atoms. The standard InChI is InChI=1S/C15H23NOS.C12H10Cl2N2O4/c1-5-16(13(4)12(2)3)15(17)18-11-14-9-7-6-8-10-14;1-12(11(19)20)5-8(10(17)18)15-16(12)9-3-2-6(13)4-7(9)14/h6-10,12-13H,5,11H2,1-4H3;2-4H,5H2,1H3,(H,17,18)(H,19,20). The lowest BCUT2D eigenvalue weighted by atomic mass is 9.95. The van der Waals surface area contributed by atoms with Crippen LogP contribution in [0.4, 0.5) is 10.5 Å². The smallest absolute Gasteiger partial charge is 0.352 e. The largest absolute Gasteiger partial charge is 0.479 e. The summed E-state index contributed by atoms with van der Waals surface area (Å²) < 4.78 is 0. The molecule has 1 amide bonds. The van der Waals surface area contributed by atoms with Gasteiger partial charge in [0.15, 0.2) is 5.54 Å². The molecule has 8 nitrogen and oxygen atoms in total. The van der Waals surface area contributed by atoms with Gasteiger partial charge in [0.1, 0.15) is 5.71 Å². The normalized spacial score (nSPS) is 17.4. The van der Waals surface area contributed by atoms with E-state index in [1.807, 2.05) is 30.0 Å². The summed E-state index contributed by atoms with van der Waals surface area (Å²) in [5.74, 6) is -1.21. The first-order chi connectivity index (χ1) is 17.8. The van der Waals surface area contributed by atoms with Crippen molar-refractivity contribution in [2.45, 2.75) is 58.4 Å². The molecule has 0 radical (unpaired) electrons. The third-order valence-electron chi connectivity index (χ3n) is 6.28. The van der Waals surface area contributed by atoms with Gasteiger partial charge in [-0.05, 0) is 50.5 Å². The summed E-state index contributed by atoms with van der Waals surface area (Å²) in [7, 11) is 0. The van der Waals surface area contributed by atoms with Crippen molar-refractivity contribution in [3.05, 3.63) is 64.1 Å². The van der Waals surface area contributed by atoms with Crippen LogP contribution < -0.4 is 5.01 Å². The Morgan fingerprint density at radius 1 is 1.11 bits per heavy atom.